The molecule has 0 fully saturated rings. The molecule has 0 unspecified atom stereocenters. The van der Waals surface area contributed by atoms with Crippen molar-refractivity contribution in [3.05, 3.63) is 83.7 Å². The van der Waals surface area contributed by atoms with E-state index < -0.39 is 0 Å². The lowest BCUT2D eigenvalue weighted by Crippen LogP contribution is -2.09. The average Bonchev–Trinajstić information content (AvgIpc) is 3.46. The van der Waals surface area contributed by atoms with E-state index in [-0.39, 0.29) is 5.92 Å². The van der Waals surface area contributed by atoms with Crippen LogP contribution in [-0.2, 0) is 0 Å². The van der Waals surface area contributed by atoms with Crippen molar-refractivity contribution in [2.24, 2.45) is 0 Å². The number of benzene rings is 3. The number of para-hydroxylation sites is 3. The maximum absolute atomic E-state index is 6.45. The zero-order valence-corrected chi connectivity index (χ0v) is 22.3. The highest BCUT2D eigenvalue weighted by atomic mass is 16.3. The van der Waals surface area contributed by atoms with Crippen LogP contribution in [-0.4, -0.2) is 19.5 Å². The molecule has 0 saturated carbocycles. The summed E-state index contributed by atoms with van der Waals surface area (Å²) in [6, 6.07) is 21.1. The minimum atomic E-state index is 0.257. The molecule has 0 bridgehead atoms. The van der Waals surface area contributed by atoms with Gasteiger partial charge in [-0.3, -0.25) is 4.57 Å². The third kappa shape index (κ3) is 3.72. The fourth-order valence-corrected chi connectivity index (χ4v) is 5.23. The molecule has 0 radical (unpaired) electrons. The first-order valence-electron chi connectivity index (χ1n) is 13.1. The van der Waals surface area contributed by atoms with Crippen LogP contribution in [0.3, 0.4) is 0 Å². The highest BCUT2D eigenvalue weighted by molar-refractivity contribution is 6.09. The van der Waals surface area contributed by atoms with Crippen molar-refractivity contribution in [2.45, 2.75) is 59.3 Å². The van der Waals surface area contributed by atoms with Crippen molar-refractivity contribution >= 4 is 33.2 Å². The topological polar surface area (TPSA) is 56.7 Å². The number of furan rings is 1. The summed E-state index contributed by atoms with van der Waals surface area (Å²) in [5.74, 6) is 1.70. The van der Waals surface area contributed by atoms with E-state index in [1.807, 2.05) is 24.4 Å². The molecule has 3 heterocycles. The molecule has 0 atom stereocenters. The standard InChI is InChI=1S/C32H32N4O/c1-18(2)21-12-9-13-22(19(3)4)28(21)36-31(35-30-32(36)34-26(17-33-30)20(5)6)25-15-10-14-24-23-11-7-8-16-27(23)37-29(24)25/h7-20H,1-6H3. The second-order valence-corrected chi connectivity index (χ2v) is 10.7. The van der Waals surface area contributed by atoms with E-state index in [0.29, 0.717) is 17.5 Å². The van der Waals surface area contributed by atoms with E-state index >= 15 is 0 Å². The zero-order chi connectivity index (χ0) is 25.8. The molecule has 5 nitrogen and oxygen atoms in total. The lowest BCUT2D eigenvalue weighted by molar-refractivity contribution is 0.669. The van der Waals surface area contributed by atoms with Gasteiger partial charge >= 0.3 is 0 Å². The predicted octanol–water partition coefficient (Wildman–Crippen LogP) is 8.75. The lowest BCUT2D eigenvalue weighted by Gasteiger charge is -2.22. The largest absolute Gasteiger partial charge is 0.455 e. The SMILES string of the molecule is CC(C)c1cnc2nc(-c3cccc4c3oc3ccccc34)n(-c3c(C(C)C)cccc3C(C)C)c2n1. The molecule has 0 amide bonds. The molecule has 37 heavy (non-hydrogen) atoms. The van der Waals surface area contributed by atoms with E-state index in [1.54, 1.807) is 0 Å². The summed E-state index contributed by atoms with van der Waals surface area (Å²) in [5.41, 5.74) is 8.69. The Labute approximate surface area is 217 Å². The van der Waals surface area contributed by atoms with E-state index in [1.165, 1.54) is 11.1 Å². The lowest BCUT2D eigenvalue weighted by atomic mass is 9.92. The fourth-order valence-electron chi connectivity index (χ4n) is 5.23. The van der Waals surface area contributed by atoms with Gasteiger partial charge in [-0.05, 0) is 41.0 Å². The number of rotatable bonds is 5. The maximum Gasteiger partial charge on any atom is 0.198 e. The summed E-state index contributed by atoms with van der Waals surface area (Å²) in [5, 5.41) is 2.18. The monoisotopic (exact) mass is 488 g/mol. The van der Waals surface area contributed by atoms with Gasteiger partial charge in [-0.25, -0.2) is 15.0 Å². The first-order valence-corrected chi connectivity index (χ1v) is 13.1. The first-order chi connectivity index (χ1) is 17.8. The molecule has 0 N–H and O–H groups in total. The highest BCUT2D eigenvalue weighted by Gasteiger charge is 2.25. The Morgan fingerprint density at radius 1 is 0.703 bits per heavy atom. The van der Waals surface area contributed by atoms with E-state index in [9.17, 15) is 0 Å². The number of fused-ring (bicyclic) bond motifs is 4. The third-order valence-corrected chi connectivity index (χ3v) is 7.19. The molecule has 0 aliphatic carbocycles. The van der Waals surface area contributed by atoms with Crippen LogP contribution in [0.1, 0.15) is 76.1 Å². The summed E-state index contributed by atoms with van der Waals surface area (Å²) in [6.07, 6.45) is 1.85. The van der Waals surface area contributed by atoms with Crippen LogP contribution in [0.15, 0.2) is 71.3 Å². The summed E-state index contributed by atoms with van der Waals surface area (Å²) >= 11 is 0. The van der Waals surface area contributed by atoms with Crippen LogP contribution in [0.5, 0.6) is 0 Å². The van der Waals surface area contributed by atoms with Crippen molar-refractivity contribution in [1.29, 1.82) is 0 Å². The van der Waals surface area contributed by atoms with E-state index in [2.05, 4.69) is 88.6 Å². The van der Waals surface area contributed by atoms with Crippen LogP contribution in [0.4, 0.5) is 0 Å². The van der Waals surface area contributed by atoms with Gasteiger partial charge in [0, 0.05) is 10.8 Å². The molecule has 3 aromatic carbocycles. The second kappa shape index (κ2) is 8.84. The first kappa shape index (κ1) is 23.4. The number of hydrogen-bond donors (Lipinski definition) is 0. The Balaban J connectivity index is 1.78. The molecular weight excluding hydrogens is 456 g/mol. The van der Waals surface area contributed by atoms with Gasteiger partial charge in [0.25, 0.3) is 0 Å². The Hall–Kier alpha value is -3.99. The normalized spacial score (nSPS) is 12.2. The van der Waals surface area contributed by atoms with Crippen molar-refractivity contribution in [3.63, 3.8) is 0 Å². The van der Waals surface area contributed by atoms with Crippen LogP contribution >= 0.6 is 0 Å². The molecule has 0 saturated heterocycles. The molecule has 3 aromatic heterocycles. The minimum Gasteiger partial charge on any atom is -0.455 e. The molecule has 0 spiro atoms. The minimum absolute atomic E-state index is 0.257. The van der Waals surface area contributed by atoms with Crippen molar-refractivity contribution in [1.82, 2.24) is 19.5 Å². The number of hydrogen-bond acceptors (Lipinski definition) is 4. The van der Waals surface area contributed by atoms with Crippen molar-refractivity contribution in [2.75, 3.05) is 0 Å². The Bertz CT molecular complexity index is 1740. The van der Waals surface area contributed by atoms with Gasteiger partial charge in [0.2, 0.25) is 0 Å². The summed E-state index contributed by atoms with van der Waals surface area (Å²) in [6.45, 7) is 13.3. The second-order valence-electron chi connectivity index (χ2n) is 10.7. The van der Waals surface area contributed by atoms with Gasteiger partial charge in [-0.15, -0.1) is 0 Å². The number of aromatic nitrogens is 4. The smallest absolute Gasteiger partial charge is 0.198 e. The molecule has 6 aromatic rings. The van der Waals surface area contributed by atoms with Gasteiger partial charge in [0.1, 0.15) is 11.2 Å². The number of imidazole rings is 1. The van der Waals surface area contributed by atoms with E-state index in [0.717, 1.165) is 50.4 Å². The molecule has 6 rings (SSSR count). The highest BCUT2D eigenvalue weighted by Crippen LogP contribution is 2.40. The van der Waals surface area contributed by atoms with Gasteiger partial charge in [0.15, 0.2) is 17.1 Å². The molecule has 186 valence electrons. The zero-order valence-electron chi connectivity index (χ0n) is 22.3. The summed E-state index contributed by atoms with van der Waals surface area (Å²) in [4.78, 5) is 15.0. The molecule has 0 aliphatic rings. The van der Waals surface area contributed by atoms with Crippen LogP contribution in [0.25, 0.3) is 50.3 Å². The number of nitrogens with zero attached hydrogens (tertiary/aromatic N) is 4. The predicted molar refractivity (Wildman–Crippen MR) is 152 cm³/mol. The van der Waals surface area contributed by atoms with Crippen molar-refractivity contribution < 1.29 is 4.42 Å². The van der Waals surface area contributed by atoms with Crippen LogP contribution in [0.2, 0.25) is 0 Å². The maximum atomic E-state index is 6.45. The average molecular weight is 489 g/mol. The molecular formula is C32H32N4O. The summed E-state index contributed by atoms with van der Waals surface area (Å²) in [7, 11) is 0. The van der Waals surface area contributed by atoms with Crippen LogP contribution < -0.4 is 0 Å². The third-order valence-electron chi connectivity index (χ3n) is 7.19. The van der Waals surface area contributed by atoms with Crippen LogP contribution in [0, 0.1) is 0 Å². The summed E-state index contributed by atoms with van der Waals surface area (Å²) < 4.78 is 8.68. The van der Waals surface area contributed by atoms with Crippen molar-refractivity contribution in [3.8, 4) is 17.1 Å². The fraction of sp³-hybridized carbons (Fsp3) is 0.281. The van der Waals surface area contributed by atoms with Gasteiger partial charge < -0.3 is 4.42 Å². The molecule has 5 heteroatoms. The quantitative estimate of drug-likeness (QED) is 0.243. The Morgan fingerprint density at radius 2 is 1.38 bits per heavy atom. The Morgan fingerprint density at radius 3 is 2.08 bits per heavy atom. The van der Waals surface area contributed by atoms with E-state index in [4.69, 9.17) is 19.4 Å². The molecule has 0 aliphatic heterocycles. The Kier molecular flexibility index (Phi) is 5.59. The van der Waals surface area contributed by atoms with Gasteiger partial charge in [0.05, 0.1) is 23.1 Å². The van der Waals surface area contributed by atoms with Gasteiger partial charge in [-0.2, -0.15) is 0 Å². The van der Waals surface area contributed by atoms with Gasteiger partial charge in [-0.1, -0.05) is 90.1 Å².